The van der Waals surface area contributed by atoms with Gasteiger partial charge in [-0.2, -0.15) is 0 Å². The summed E-state index contributed by atoms with van der Waals surface area (Å²) < 4.78 is 0. The second-order valence-electron chi connectivity index (χ2n) is 4.29. The lowest BCUT2D eigenvalue weighted by molar-refractivity contribution is 0.0999. The summed E-state index contributed by atoms with van der Waals surface area (Å²) in [4.78, 5) is 11.3. The highest BCUT2D eigenvalue weighted by Crippen LogP contribution is 2.10. The Morgan fingerprint density at radius 3 is 2.42 bits per heavy atom. The third-order valence-corrected chi connectivity index (χ3v) is 2.86. The van der Waals surface area contributed by atoms with Crippen LogP contribution in [0.4, 0.5) is 0 Å². The second kappa shape index (κ2) is 6.02. The lowest BCUT2D eigenvalue weighted by Gasteiger charge is -2.08. The van der Waals surface area contributed by atoms with Gasteiger partial charge in [-0.05, 0) is 29.3 Å². The Labute approximate surface area is 111 Å². The zero-order valence-electron chi connectivity index (χ0n) is 10.5. The van der Waals surface area contributed by atoms with Gasteiger partial charge in [-0.1, -0.05) is 30.3 Å². The molecule has 2 aromatic carbocycles. The Balaban J connectivity index is 1.96. The van der Waals surface area contributed by atoms with Crippen LogP contribution in [0.2, 0.25) is 0 Å². The smallest absolute Gasteiger partial charge is 0.249 e. The molecule has 4 N–H and O–H groups in total. The summed E-state index contributed by atoms with van der Waals surface area (Å²) in [7, 11) is 0. The van der Waals surface area contributed by atoms with Gasteiger partial charge >= 0.3 is 0 Å². The number of benzene rings is 2. The minimum absolute atomic E-state index is 0.253. The summed E-state index contributed by atoms with van der Waals surface area (Å²) in [5.41, 5.74) is 7.81. The van der Waals surface area contributed by atoms with Gasteiger partial charge in [0.15, 0.2) is 0 Å². The van der Waals surface area contributed by atoms with E-state index in [1.807, 2.05) is 24.3 Å². The SMILES string of the molecule is NC(=O)c1ccccc1CNCc1ccc(O)cc1. The molecule has 0 atom stereocenters. The van der Waals surface area contributed by atoms with E-state index in [9.17, 15) is 9.90 Å². The van der Waals surface area contributed by atoms with E-state index >= 15 is 0 Å². The van der Waals surface area contributed by atoms with Crippen LogP contribution in [-0.4, -0.2) is 11.0 Å². The molecule has 0 saturated heterocycles. The fraction of sp³-hybridized carbons (Fsp3) is 0.133. The molecule has 0 spiro atoms. The maximum absolute atomic E-state index is 11.3. The van der Waals surface area contributed by atoms with E-state index < -0.39 is 5.91 Å². The second-order valence-corrected chi connectivity index (χ2v) is 4.29. The number of carbonyl (C=O) groups is 1. The van der Waals surface area contributed by atoms with Crippen molar-refractivity contribution in [1.29, 1.82) is 0 Å². The fourth-order valence-corrected chi connectivity index (χ4v) is 1.87. The molecule has 2 aromatic rings. The van der Waals surface area contributed by atoms with E-state index in [4.69, 9.17) is 5.73 Å². The normalized spacial score (nSPS) is 10.3. The molecular weight excluding hydrogens is 240 g/mol. The molecule has 0 aliphatic heterocycles. The number of rotatable bonds is 5. The van der Waals surface area contributed by atoms with Crippen LogP contribution in [-0.2, 0) is 13.1 Å². The molecule has 0 fully saturated rings. The van der Waals surface area contributed by atoms with Gasteiger partial charge in [-0.3, -0.25) is 4.79 Å². The molecule has 19 heavy (non-hydrogen) atoms. The Morgan fingerprint density at radius 1 is 1.05 bits per heavy atom. The Kier molecular flexibility index (Phi) is 4.15. The highest BCUT2D eigenvalue weighted by molar-refractivity contribution is 5.94. The quantitative estimate of drug-likeness (QED) is 0.763. The highest BCUT2D eigenvalue weighted by Gasteiger charge is 2.06. The van der Waals surface area contributed by atoms with Gasteiger partial charge < -0.3 is 16.2 Å². The molecule has 1 amide bonds. The van der Waals surface area contributed by atoms with E-state index in [1.165, 1.54) is 0 Å². The summed E-state index contributed by atoms with van der Waals surface area (Å²) >= 11 is 0. The minimum Gasteiger partial charge on any atom is -0.508 e. The maximum Gasteiger partial charge on any atom is 0.249 e. The minimum atomic E-state index is -0.415. The number of hydrogen-bond donors (Lipinski definition) is 3. The van der Waals surface area contributed by atoms with Crippen LogP contribution in [0, 0.1) is 0 Å². The van der Waals surface area contributed by atoms with Crippen LogP contribution in [0.1, 0.15) is 21.5 Å². The molecule has 0 aliphatic carbocycles. The van der Waals surface area contributed by atoms with Crippen LogP contribution in [0.15, 0.2) is 48.5 Å². The van der Waals surface area contributed by atoms with Gasteiger partial charge in [0.1, 0.15) is 5.75 Å². The summed E-state index contributed by atoms with van der Waals surface area (Å²) in [6.07, 6.45) is 0. The number of primary amides is 1. The number of phenolic OH excluding ortho intramolecular Hbond substituents is 1. The van der Waals surface area contributed by atoms with E-state index in [1.54, 1.807) is 24.3 Å². The summed E-state index contributed by atoms with van der Waals surface area (Å²) in [5.74, 6) is -0.162. The lowest BCUT2D eigenvalue weighted by atomic mass is 10.1. The Hall–Kier alpha value is -2.33. The zero-order valence-corrected chi connectivity index (χ0v) is 10.5. The Bertz CT molecular complexity index is 565. The molecule has 2 rings (SSSR count). The van der Waals surface area contributed by atoms with Crippen LogP contribution >= 0.6 is 0 Å². The van der Waals surface area contributed by atoms with Crippen molar-refractivity contribution in [3.05, 3.63) is 65.2 Å². The number of phenols is 1. The van der Waals surface area contributed by atoms with Gasteiger partial charge in [0.25, 0.3) is 0 Å². The third-order valence-electron chi connectivity index (χ3n) is 2.86. The third kappa shape index (κ3) is 3.56. The van der Waals surface area contributed by atoms with Crippen molar-refractivity contribution in [2.75, 3.05) is 0 Å². The van der Waals surface area contributed by atoms with Crippen molar-refractivity contribution in [2.45, 2.75) is 13.1 Å². The molecule has 0 saturated carbocycles. The monoisotopic (exact) mass is 256 g/mol. The van der Waals surface area contributed by atoms with Crippen LogP contribution in [0.5, 0.6) is 5.75 Å². The summed E-state index contributed by atoms with van der Waals surface area (Å²) in [6, 6.07) is 14.3. The molecule has 0 aliphatic rings. The van der Waals surface area contributed by atoms with Gasteiger partial charge in [0, 0.05) is 18.7 Å². The van der Waals surface area contributed by atoms with Gasteiger partial charge in [0.05, 0.1) is 0 Å². The Morgan fingerprint density at radius 2 is 1.74 bits per heavy atom. The predicted octanol–water partition coefficient (Wildman–Crippen LogP) is 1.78. The van der Waals surface area contributed by atoms with Crippen molar-refractivity contribution in [2.24, 2.45) is 5.73 Å². The maximum atomic E-state index is 11.3. The van der Waals surface area contributed by atoms with Crippen molar-refractivity contribution in [3.63, 3.8) is 0 Å². The van der Waals surface area contributed by atoms with E-state index in [0.717, 1.165) is 11.1 Å². The number of aromatic hydroxyl groups is 1. The van der Waals surface area contributed by atoms with Gasteiger partial charge in [-0.15, -0.1) is 0 Å². The van der Waals surface area contributed by atoms with Crippen molar-refractivity contribution in [1.82, 2.24) is 5.32 Å². The van der Waals surface area contributed by atoms with Crippen LogP contribution in [0.25, 0.3) is 0 Å². The van der Waals surface area contributed by atoms with Crippen molar-refractivity contribution >= 4 is 5.91 Å². The molecule has 0 aromatic heterocycles. The van der Waals surface area contributed by atoms with E-state index in [-0.39, 0.29) is 5.75 Å². The fourth-order valence-electron chi connectivity index (χ4n) is 1.87. The van der Waals surface area contributed by atoms with Gasteiger partial charge in [-0.25, -0.2) is 0 Å². The number of nitrogens with two attached hydrogens (primary N) is 1. The standard InChI is InChI=1S/C15H16N2O2/c16-15(19)14-4-2-1-3-12(14)10-17-9-11-5-7-13(18)8-6-11/h1-8,17-18H,9-10H2,(H2,16,19). The molecule has 4 heteroatoms. The van der Waals surface area contributed by atoms with E-state index in [2.05, 4.69) is 5.32 Å². The first-order valence-electron chi connectivity index (χ1n) is 6.03. The number of amides is 1. The van der Waals surface area contributed by atoms with Crippen molar-refractivity contribution in [3.8, 4) is 5.75 Å². The highest BCUT2D eigenvalue weighted by atomic mass is 16.3. The van der Waals surface area contributed by atoms with Gasteiger partial charge in [0.2, 0.25) is 5.91 Å². The molecular formula is C15H16N2O2. The molecule has 0 radical (unpaired) electrons. The number of nitrogens with one attached hydrogen (secondary N) is 1. The predicted molar refractivity (Wildman–Crippen MR) is 73.6 cm³/mol. The van der Waals surface area contributed by atoms with E-state index in [0.29, 0.717) is 18.7 Å². The zero-order chi connectivity index (χ0) is 13.7. The van der Waals surface area contributed by atoms with Crippen LogP contribution < -0.4 is 11.1 Å². The van der Waals surface area contributed by atoms with Crippen LogP contribution in [0.3, 0.4) is 0 Å². The first-order valence-corrected chi connectivity index (χ1v) is 6.03. The topological polar surface area (TPSA) is 75.4 Å². The molecule has 98 valence electrons. The summed E-state index contributed by atoms with van der Waals surface area (Å²) in [6.45, 7) is 1.23. The molecule has 4 nitrogen and oxygen atoms in total. The summed E-state index contributed by atoms with van der Waals surface area (Å²) in [5, 5.41) is 12.4. The molecule has 0 heterocycles. The first-order chi connectivity index (χ1) is 9.16. The average molecular weight is 256 g/mol. The van der Waals surface area contributed by atoms with Crippen molar-refractivity contribution < 1.29 is 9.90 Å². The molecule has 0 bridgehead atoms. The average Bonchev–Trinajstić information content (AvgIpc) is 2.41. The number of hydrogen-bond acceptors (Lipinski definition) is 3. The lowest BCUT2D eigenvalue weighted by Crippen LogP contribution is -2.18. The molecule has 0 unspecified atom stereocenters. The first kappa shape index (κ1) is 13.1. The largest absolute Gasteiger partial charge is 0.508 e. The number of carbonyl (C=O) groups excluding carboxylic acids is 1.